The SMILES string of the molecule is CC(=O)N1NC(c2cc(F)ccc2F)S[C@]12c1ccccc1OC[C@@H]2CC#N. The monoisotopic (exact) mass is 401 g/mol. The van der Waals surface area contributed by atoms with E-state index in [-0.39, 0.29) is 30.4 Å². The van der Waals surface area contributed by atoms with Gasteiger partial charge in [-0.1, -0.05) is 18.2 Å². The van der Waals surface area contributed by atoms with Gasteiger partial charge in [0, 0.05) is 30.4 Å². The molecule has 2 heterocycles. The van der Waals surface area contributed by atoms with Crippen LogP contribution in [0.25, 0.3) is 0 Å². The highest BCUT2D eigenvalue weighted by atomic mass is 32.2. The van der Waals surface area contributed by atoms with Gasteiger partial charge in [-0.3, -0.25) is 9.80 Å². The van der Waals surface area contributed by atoms with Crippen LogP contribution in [0, 0.1) is 28.9 Å². The number of para-hydroxylation sites is 1. The number of rotatable bonds is 2. The summed E-state index contributed by atoms with van der Waals surface area (Å²) >= 11 is 1.29. The van der Waals surface area contributed by atoms with E-state index in [1.165, 1.54) is 23.7 Å². The first-order valence-corrected chi connectivity index (χ1v) is 9.64. The van der Waals surface area contributed by atoms with Crippen LogP contribution in [0.15, 0.2) is 42.5 Å². The Morgan fingerprint density at radius 3 is 2.93 bits per heavy atom. The Morgan fingerprint density at radius 1 is 1.39 bits per heavy atom. The number of nitriles is 1. The van der Waals surface area contributed by atoms with Crippen molar-refractivity contribution in [1.82, 2.24) is 10.4 Å². The lowest BCUT2D eigenvalue weighted by molar-refractivity contribution is -0.138. The summed E-state index contributed by atoms with van der Waals surface area (Å²) in [5.41, 5.74) is 3.89. The molecule has 4 rings (SSSR count). The molecular weight excluding hydrogens is 384 g/mol. The molecule has 0 aromatic heterocycles. The van der Waals surface area contributed by atoms with Crippen molar-refractivity contribution in [2.24, 2.45) is 5.92 Å². The number of hydrogen-bond acceptors (Lipinski definition) is 5. The molecule has 1 N–H and O–H groups in total. The van der Waals surface area contributed by atoms with Crippen LogP contribution in [0.1, 0.15) is 29.8 Å². The Bertz CT molecular complexity index is 980. The summed E-state index contributed by atoms with van der Waals surface area (Å²) in [4.78, 5) is 11.6. The van der Waals surface area contributed by atoms with E-state index in [1.807, 2.05) is 18.2 Å². The van der Waals surface area contributed by atoms with Gasteiger partial charge in [0.25, 0.3) is 0 Å². The summed E-state index contributed by atoms with van der Waals surface area (Å²) in [7, 11) is 0. The molecule has 1 unspecified atom stereocenters. The van der Waals surface area contributed by atoms with Crippen LogP contribution in [-0.4, -0.2) is 17.5 Å². The minimum atomic E-state index is -0.972. The van der Waals surface area contributed by atoms with Crippen molar-refractivity contribution in [2.45, 2.75) is 23.6 Å². The fourth-order valence-electron chi connectivity index (χ4n) is 3.83. The second kappa shape index (κ2) is 7.08. The highest BCUT2D eigenvalue weighted by Crippen LogP contribution is 2.60. The van der Waals surface area contributed by atoms with Crippen molar-refractivity contribution in [2.75, 3.05) is 6.61 Å². The highest BCUT2D eigenvalue weighted by Gasteiger charge is 2.58. The molecule has 8 heteroatoms. The average Bonchev–Trinajstić information content (AvgIpc) is 3.08. The highest BCUT2D eigenvalue weighted by molar-refractivity contribution is 8.00. The number of ether oxygens (including phenoxy) is 1. The number of amides is 1. The van der Waals surface area contributed by atoms with E-state index < -0.39 is 21.9 Å². The van der Waals surface area contributed by atoms with Gasteiger partial charge < -0.3 is 4.74 Å². The second-order valence-corrected chi connectivity index (χ2v) is 8.04. The van der Waals surface area contributed by atoms with Crippen LogP contribution in [0.5, 0.6) is 5.75 Å². The third-order valence-electron chi connectivity index (χ3n) is 5.04. The van der Waals surface area contributed by atoms with Crippen molar-refractivity contribution in [3.63, 3.8) is 0 Å². The van der Waals surface area contributed by atoms with Crippen LogP contribution >= 0.6 is 11.8 Å². The summed E-state index contributed by atoms with van der Waals surface area (Å²) in [6.45, 7) is 1.64. The van der Waals surface area contributed by atoms with E-state index in [9.17, 15) is 18.8 Å². The fraction of sp³-hybridized carbons (Fsp3) is 0.300. The minimum Gasteiger partial charge on any atom is -0.493 e. The summed E-state index contributed by atoms with van der Waals surface area (Å²) in [5.74, 6) is -1.15. The van der Waals surface area contributed by atoms with Crippen molar-refractivity contribution >= 4 is 17.7 Å². The lowest BCUT2D eigenvalue weighted by atomic mass is 9.87. The fourth-order valence-corrected chi connectivity index (χ4v) is 5.58. The van der Waals surface area contributed by atoms with Crippen molar-refractivity contribution in [3.8, 4) is 11.8 Å². The van der Waals surface area contributed by atoms with Crippen LogP contribution in [0.3, 0.4) is 0 Å². The molecule has 1 fully saturated rings. The van der Waals surface area contributed by atoms with Crippen molar-refractivity contribution < 1.29 is 18.3 Å². The van der Waals surface area contributed by atoms with Gasteiger partial charge in [0.1, 0.15) is 27.6 Å². The van der Waals surface area contributed by atoms with E-state index in [0.717, 1.165) is 23.8 Å². The molecule has 2 aliphatic heterocycles. The van der Waals surface area contributed by atoms with Gasteiger partial charge in [-0.05, 0) is 24.3 Å². The Morgan fingerprint density at radius 2 is 2.18 bits per heavy atom. The van der Waals surface area contributed by atoms with E-state index in [2.05, 4.69) is 11.5 Å². The smallest absolute Gasteiger partial charge is 0.235 e. The second-order valence-electron chi connectivity index (χ2n) is 6.71. The van der Waals surface area contributed by atoms with Crippen LogP contribution < -0.4 is 10.2 Å². The lowest BCUT2D eigenvalue weighted by Crippen LogP contribution is -2.54. The molecule has 2 aromatic carbocycles. The Hall–Kier alpha value is -2.63. The number of nitrogens with zero attached hydrogens (tertiary/aromatic N) is 2. The topological polar surface area (TPSA) is 65.4 Å². The molecule has 0 aliphatic carbocycles. The number of fused-ring (bicyclic) bond motifs is 2. The molecule has 0 radical (unpaired) electrons. The predicted octanol–water partition coefficient (Wildman–Crippen LogP) is 3.84. The summed E-state index contributed by atoms with van der Waals surface area (Å²) in [6, 6.07) is 12.7. The first-order valence-electron chi connectivity index (χ1n) is 8.76. The van der Waals surface area contributed by atoms with Crippen molar-refractivity contribution in [3.05, 3.63) is 65.2 Å². The largest absolute Gasteiger partial charge is 0.493 e. The Kier molecular flexibility index (Phi) is 4.73. The molecule has 0 bridgehead atoms. The zero-order chi connectivity index (χ0) is 19.9. The van der Waals surface area contributed by atoms with Gasteiger partial charge in [0.15, 0.2) is 0 Å². The number of carbonyl (C=O) groups excluding carboxylic acids is 1. The van der Waals surface area contributed by atoms with Gasteiger partial charge >= 0.3 is 0 Å². The van der Waals surface area contributed by atoms with Crippen LogP contribution in [-0.2, 0) is 9.67 Å². The quantitative estimate of drug-likeness (QED) is 0.828. The third kappa shape index (κ3) is 2.82. The number of benzene rings is 2. The first kappa shape index (κ1) is 18.7. The molecule has 144 valence electrons. The minimum absolute atomic E-state index is 0.118. The molecule has 2 aromatic rings. The zero-order valence-corrected chi connectivity index (χ0v) is 15.8. The maximum atomic E-state index is 14.4. The number of hydrazine groups is 1. The molecule has 5 nitrogen and oxygen atoms in total. The number of hydrogen-bond donors (Lipinski definition) is 1. The average molecular weight is 401 g/mol. The number of thioether (sulfide) groups is 1. The van der Waals surface area contributed by atoms with Gasteiger partial charge in [0.05, 0.1) is 12.7 Å². The van der Waals surface area contributed by atoms with E-state index >= 15 is 0 Å². The van der Waals surface area contributed by atoms with Gasteiger partial charge in [-0.25, -0.2) is 14.2 Å². The molecule has 28 heavy (non-hydrogen) atoms. The maximum Gasteiger partial charge on any atom is 0.235 e. The Balaban J connectivity index is 1.88. The number of carbonyl (C=O) groups is 1. The van der Waals surface area contributed by atoms with Crippen LogP contribution in [0.4, 0.5) is 8.78 Å². The van der Waals surface area contributed by atoms with E-state index in [4.69, 9.17) is 4.74 Å². The van der Waals surface area contributed by atoms with Gasteiger partial charge in [0.2, 0.25) is 5.91 Å². The number of halogens is 2. The Labute approximate surface area is 165 Å². The van der Waals surface area contributed by atoms with Gasteiger partial charge in [-0.2, -0.15) is 5.26 Å². The predicted molar refractivity (Wildman–Crippen MR) is 99.7 cm³/mol. The lowest BCUT2D eigenvalue weighted by Gasteiger charge is -2.45. The molecule has 1 amide bonds. The van der Waals surface area contributed by atoms with E-state index in [0.29, 0.717) is 5.75 Å². The maximum absolute atomic E-state index is 14.4. The summed E-state index contributed by atoms with van der Waals surface area (Å²) in [6.07, 6.45) is 0.144. The number of nitrogens with one attached hydrogen (secondary N) is 1. The molecular formula is C20H17F2N3O2S. The summed E-state index contributed by atoms with van der Waals surface area (Å²) < 4.78 is 34.0. The molecule has 0 saturated carbocycles. The van der Waals surface area contributed by atoms with E-state index in [1.54, 1.807) is 6.07 Å². The molecule has 1 spiro atoms. The normalized spacial score (nSPS) is 25.9. The molecule has 1 saturated heterocycles. The standard InChI is InChI=1S/C20H17F2N3O2S/c1-12(26)25-20(28-19(24-25)15-10-14(21)6-7-17(15)22)13(8-9-23)11-27-18-5-3-2-4-16(18)20/h2-7,10,13,19,24H,8,11H2,1H3/t13-,19?,20+/m0/s1. The van der Waals surface area contributed by atoms with Gasteiger partial charge in [-0.15, -0.1) is 11.8 Å². The van der Waals surface area contributed by atoms with Crippen LogP contribution in [0.2, 0.25) is 0 Å². The first-order chi connectivity index (χ1) is 13.5. The summed E-state index contributed by atoms with van der Waals surface area (Å²) in [5, 5.41) is 10.1. The zero-order valence-electron chi connectivity index (χ0n) is 15.0. The third-order valence-corrected chi connectivity index (χ3v) is 6.73. The molecule has 3 atom stereocenters. The molecule has 2 aliphatic rings. The van der Waals surface area contributed by atoms with Crippen molar-refractivity contribution in [1.29, 1.82) is 5.26 Å².